The summed E-state index contributed by atoms with van der Waals surface area (Å²) in [5, 5.41) is 3.99. The summed E-state index contributed by atoms with van der Waals surface area (Å²) >= 11 is 0. The molecule has 1 N–H and O–H groups in total. The molecule has 0 saturated carbocycles. The van der Waals surface area contributed by atoms with E-state index in [1.807, 2.05) is 13.0 Å². The zero-order valence-corrected chi connectivity index (χ0v) is 17.2. The molecule has 1 aliphatic rings. The van der Waals surface area contributed by atoms with Crippen molar-refractivity contribution in [3.8, 4) is 23.0 Å². The highest BCUT2D eigenvalue weighted by atomic mass is 16.7. The lowest BCUT2D eigenvalue weighted by molar-refractivity contribution is 0.0728. The van der Waals surface area contributed by atoms with Gasteiger partial charge in [0, 0.05) is 5.56 Å². The number of carbonyl (C=O) groups is 2. The zero-order valence-electron chi connectivity index (χ0n) is 17.2. The van der Waals surface area contributed by atoms with Crippen LogP contribution in [0.2, 0.25) is 0 Å². The smallest absolute Gasteiger partial charge is 0.343 e. The number of fused-ring (bicyclic) bond motifs is 1. The van der Waals surface area contributed by atoms with Gasteiger partial charge in [0.1, 0.15) is 0 Å². The van der Waals surface area contributed by atoms with Gasteiger partial charge in [-0.3, -0.25) is 4.79 Å². The van der Waals surface area contributed by atoms with Gasteiger partial charge in [-0.15, -0.1) is 0 Å². The molecule has 0 atom stereocenters. The van der Waals surface area contributed by atoms with E-state index >= 15 is 0 Å². The number of nitrogens with one attached hydrogen (secondary N) is 1. The van der Waals surface area contributed by atoms with Crippen LogP contribution in [0.4, 0.5) is 0 Å². The predicted octanol–water partition coefficient (Wildman–Crippen LogP) is 3.80. The summed E-state index contributed by atoms with van der Waals surface area (Å²) in [6, 6.07) is 18.6. The number of hydrogen-bond acceptors (Lipinski definition) is 7. The molecule has 0 aromatic heterocycles. The molecule has 32 heavy (non-hydrogen) atoms. The maximum atomic E-state index is 12.3. The van der Waals surface area contributed by atoms with Crippen LogP contribution >= 0.6 is 0 Å². The van der Waals surface area contributed by atoms with Gasteiger partial charge in [-0.1, -0.05) is 18.2 Å². The van der Waals surface area contributed by atoms with Gasteiger partial charge in [-0.25, -0.2) is 10.2 Å². The van der Waals surface area contributed by atoms with E-state index in [9.17, 15) is 9.59 Å². The van der Waals surface area contributed by atoms with Crippen LogP contribution in [-0.4, -0.2) is 31.5 Å². The van der Waals surface area contributed by atoms with Gasteiger partial charge in [0.25, 0.3) is 5.91 Å². The molecule has 8 heteroatoms. The Morgan fingerprint density at radius 3 is 2.59 bits per heavy atom. The third-order valence-corrected chi connectivity index (χ3v) is 4.49. The van der Waals surface area contributed by atoms with Gasteiger partial charge in [0.15, 0.2) is 23.0 Å². The van der Waals surface area contributed by atoms with E-state index in [1.165, 1.54) is 6.21 Å². The quantitative estimate of drug-likeness (QED) is 0.264. The summed E-state index contributed by atoms with van der Waals surface area (Å²) in [6.45, 7) is 2.35. The third-order valence-electron chi connectivity index (χ3n) is 4.49. The number of esters is 1. The average molecular weight is 432 g/mol. The normalized spacial score (nSPS) is 11.9. The fourth-order valence-electron chi connectivity index (χ4n) is 2.96. The minimum atomic E-state index is -0.482. The first-order valence-corrected chi connectivity index (χ1v) is 9.91. The highest BCUT2D eigenvalue weighted by molar-refractivity contribution is 5.95. The molecule has 0 radical (unpaired) electrons. The van der Waals surface area contributed by atoms with Crippen LogP contribution in [0.3, 0.4) is 0 Å². The van der Waals surface area contributed by atoms with E-state index in [0.29, 0.717) is 46.3 Å². The highest BCUT2D eigenvalue weighted by Gasteiger charge is 2.16. The summed E-state index contributed by atoms with van der Waals surface area (Å²) in [5.41, 5.74) is 3.95. The number of carbonyl (C=O) groups excluding carboxylic acids is 2. The van der Waals surface area contributed by atoms with Gasteiger partial charge in [-0.05, 0) is 61.0 Å². The molecule has 162 valence electrons. The van der Waals surface area contributed by atoms with Crippen molar-refractivity contribution in [2.75, 3.05) is 13.4 Å². The summed E-state index contributed by atoms with van der Waals surface area (Å²) < 4.78 is 21.6. The molecule has 1 heterocycles. The number of ether oxygens (including phenoxy) is 4. The van der Waals surface area contributed by atoms with Crippen molar-refractivity contribution in [2.45, 2.75) is 6.92 Å². The number of benzene rings is 3. The molecule has 3 aromatic rings. The molecule has 1 amide bonds. The van der Waals surface area contributed by atoms with Crippen molar-refractivity contribution in [2.24, 2.45) is 5.10 Å². The first kappa shape index (κ1) is 20.9. The summed E-state index contributed by atoms with van der Waals surface area (Å²) in [7, 11) is 0. The monoisotopic (exact) mass is 432 g/mol. The zero-order chi connectivity index (χ0) is 22.3. The first-order valence-electron chi connectivity index (χ1n) is 9.91. The maximum Gasteiger partial charge on any atom is 0.343 e. The number of nitrogens with zero attached hydrogens (tertiary/aromatic N) is 1. The van der Waals surface area contributed by atoms with Crippen LogP contribution in [0.5, 0.6) is 23.0 Å². The standard InChI is InChI=1S/C24H20N2O6/c1-2-29-21-12-16(8-10-20(21)32-24(28)17-6-4-3-5-7-17)14-25-26-23(27)18-9-11-19-22(13-18)31-15-30-19/h3-14H,2,15H2,1H3,(H,26,27). The Bertz CT molecular complexity index is 1160. The molecule has 0 saturated heterocycles. The van der Waals surface area contributed by atoms with Crippen LogP contribution in [0.1, 0.15) is 33.2 Å². The Balaban J connectivity index is 1.43. The lowest BCUT2D eigenvalue weighted by Gasteiger charge is -2.11. The van der Waals surface area contributed by atoms with E-state index in [2.05, 4.69) is 10.5 Å². The molecule has 0 aliphatic carbocycles. The SMILES string of the molecule is CCOc1cc(C=NNC(=O)c2ccc3c(c2)OCO3)ccc1OC(=O)c1ccccc1. The van der Waals surface area contributed by atoms with Crippen molar-refractivity contribution in [3.63, 3.8) is 0 Å². The van der Waals surface area contributed by atoms with E-state index in [1.54, 1.807) is 60.7 Å². The Morgan fingerprint density at radius 2 is 1.78 bits per heavy atom. The molecule has 0 spiro atoms. The van der Waals surface area contributed by atoms with Gasteiger partial charge < -0.3 is 18.9 Å². The van der Waals surface area contributed by atoms with Gasteiger partial charge >= 0.3 is 5.97 Å². The second-order valence-electron chi connectivity index (χ2n) is 6.66. The maximum absolute atomic E-state index is 12.3. The van der Waals surface area contributed by atoms with Crippen molar-refractivity contribution in [1.29, 1.82) is 0 Å². The van der Waals surface area contributed by atoms with Crippen molar-refractivity contribution in [3.05, 3.63) is 83.4 Å². The molecule has 4 rings (SSSR count). The third kappa shape index (κ3) is 4.86. The van der Waals surface area contributed by atoms with Crippen LogP contribution in [0.25, 0.3) is 0 Å². The number of hydrazone groups is 1. The van der Waals surface area contributed by atoms with Gasteiger partial charge in [0.2, 0.25) is 6.79 Å². The first-order chi connectivity index (χ1) is 15.6. The molecular weight excluding hydrogens is 412 g/mol. The predicted molar refractivity (Wildman–Crippen MR) is 117 cm³/mol. The van der Waals surface area contributed by atoms with E-state index in [-0.39, 0.29) is 6.79 Å². The Morgan fingerprint density at radius 1 is 0.969 bits per heavy atom. The molecule has 3 aromatic carbocycles. The van der Waals surface area contributed by atoms with Crippen molar-refractivity contribution in [1.82, 2.24) is 5.43 Å². The molecule has 1 aliphatic heterocycles. The fourth-order valence-corrected chi connectivity index (χ4v) is 2.96. The highest BCUT2D eigenvalue weighted by Crippen LogP contribution is 2.32. The van der Waals surface area contributed by atoms with Crippen molar-refractivity contribution >= 4 is 18.1 Å². The van der Waals surface area contributed by atoms with Crippen molar-refractivity contribution < 1.29 is 28.5 Å². The second-order valence-corrected chi connectivity index (χ2v) is 6.66. The minimum Gasteiger partial charge on any atom is -0.490 e. The molecule has 0 fully saturated rings. The number of rotatable bonds is 7. The van der Waals surface area contributed by atoms with Crippen LogP contribution in [0.15, 0.2) is 71.8 Å². The lowest BCUT2D eigenvalue weighted by atomic mass is 10.2. The lowest BCUT2D eigenvalue weighted by Crippen LogP contribution is -2.17. The van der Waals surface area contributed by atoms with E-state index in [0.717, 1.165) is 0 Å². The van der Waals surface area contributed by atoms with Crippen LogP contribution in [0, 0.1) is 0 Å². The second kappa shape index (κ2) is 9.65. The van der Waals surface area contributed by atoms with Crippen LogP contribution in [-0.2, 0) is 0 Å². The Labute approximate surface area is 184 Å². The summed E-state index contributed by atoms with van der Waals surface area (Å²) in [4.78, 5) is 24.7. The summed E-state index contributed by atoms with van der Waals surface area (Å²) in [6.07, 6.45) is 1.47. The Hall–Kier alpha value is -4.33. The molecule has 0 unspecified atom stereocenters. The fraction of sp³-hybridized carbons (Fsp3) is 0.125. The number of hydrogen-bond donors (Lipinski definition) is 1. The van der Waals surface area contributed by atoms with Gasteiger partial charge in [-0.2, -0.15) is 5.10 Å². The van der Waals surface area contributed by atoms with E-state index < -0.39 is 11.9 Å². The average Bonchev–Trinajstić information content (AvgIpc) is 3.29. The largest absolute Gasteiger partial charge is 0.490 e. The molecule has 0 bridgehead atoms. The number of amides is 1. The van der Waals surface area contributed by atoms with E-state index in [4.69, 9.17) is 18.9 Å². The van der Waals surface area contributed by atoms with Crippen LogP contribution < -0.4 is 24.4 Å². The summed E-state index contributed by atoms with van der Waals surface area (Å²) in [5.74, 6) is 0.928. The minimum absolute atomic E-state index is 0.136. The Kier molecular flexibility index (Phi) is 6.31. The van der Waals surface area contributed by atoms with Gasteiger partial charge in [0.05, 0.1) is 18.4 Å². The topological polar surface area (TPSA) is 95.5 Å². The molecule has 8 nitrogen and oxygen atoms in total. The molecular formula is C24H20N2O6.